The maximum atomic E-state index is 12.7. The van der Waals surface area contributed by atoms with E-state index in [0.717, 1.165) is 32.2 Å². The number of amides is 2. The van der Waals surface area contributed by atoms with Crippen molar-refractivity contribution in [2.45, 2.75) is 51.0 Å². The van der Waals surface area contributed by atoms with Crippen LogP contribution in [-0.4, -0.2) is 41.9 Å². The second kappa shape index (κ2) is 5.90. The van der Waals surface area contributed by atoms with Gasteiger partial charge in [0, 0.05) is 19.0 Å². The smallest absolute Gasteiger partial charge is 0.242 e. The number of nitrogens with zero attached hydrogens (tertiary/aromatic N) is 1. The largest absolute Gasteiger partial charge is 0.369 e. The van der Waals surface area contributed by atoms with Crippen LogP contribution in [0.15, 0.2) is 0 Å². The fourth-order valence-electron chi connectivity index (χ4n) is 3.41. The molecule has 0 radical (unpaired) electrons. The molecule has 19 heavy (non-hydrogen) atoms. The van der Waals surface area contributed by atoms with Crippen molar-refractivity contribution in [3.63, 3.8) is 0 Å². The summed E-state index contributed by atoms with van der Waals surface area (Å²) in [5.41, 5.74) is 4.99. The van der Waals surface area contributed by atoms with E-state index in [1.165, 1.54) is 0 Å². The lowest BCUT2D eigenvalue weighted by Crippen LogP contribution is -2.56. The lowest BCUT2D eigenvalue weighted by molar-refractivity contribution is -0.141. The van der Waals surface area contributed by atoms with Gasteiger partial charge in [0.1, 0.15) is 0 Å². The minimum atomic E-state index is -0.339. The van der Waals surface area contributed by atoms with Crippen molar-refractivity contribution >= 4 is 11.8 Å². The van der Waals surface area contributed by atoms with Gasteiger partial charge in [0.15, 0.2) is 0 Å². The average molecular weight is 267 g/mol. The molecule has 5 heteroatoms. The van der Waals surface area contributed by atoms with Crippen LogP contribution < -0.4 is 11.1 Å². The van der Waals surface area contributed by atoms with Crippen molar-refractivity contribution in [2.75, 3.05) is 19.6 Å². The summed E-state index contributed by atoms with van der Waals surface area (Å²) in [5, 5.41) is 3.42. The number of carbonyl (C=O) groups excluding carboxylic acids is 2. The first-order valence-electron chi connectivity index (χ1n) is 7.43. The van der Waals surface area contributed by atoms with Crippen molar-refractivity contribution in [3.05, 3.63) is 0 Å². The van der Waals surface area contributed by atoms with Crippen LogP contribution in [0.25, 0.3) is 0 Å². The van der Waals surface area contributed by atoms with E-state index in [1.54, 1.807) is 0 Å². The van der Waals surface area contributed by atoms with Crippen LogP contribution in [0.2, 0.25) is 0 Å². The van der Waals surface area contributed by atoms with E-state index in [0.29, 0.717) is 25.9 Å². The first-order valence-corrected chi connectivity index (χ1v) is 7.43. The second-order valence-electron chi connectivity index (χ2n) is 5.83. The zero-order chi connectivity index (χ0) is 13.9. The van der Waals surface area contributed by atoms with Crippen LogP contribution in [0.1, 0.15) is 45.4 Å². The molecule has 0 aromatic heterocycles. The van der Waals surface area contributed by atoms with Crippen molar-refractivity contribution < 1.29 is 9.59 Å². The minimum Gasteiger partial charge on any atom is -0.369 e. The molecule has 3 N–H and O–H groups in total. The molecular formula is C14H25N3O2. The molecule has 2 saturated heterocycles. The highest BCUT2D eigenvalue weighted by Gasteiger charge is 2.43. The first-order chi connectivity index (χ1) is 9.09. The molecule has 5 nitrogen and oxygen atoms in total. The maximum Gasteiger partial charge on any atom is 0.242 e. The average Bonchev–Trinajstić information content (AvgIpc) is 2.88. The molecule has 2 rings (SSSR count). The normalized spacial score (nSPS) is 28.6. The number of hydrogen-bond acceptors (Lipinski definition) is 3. The van der Waals surface area contributed by atoms with Gasteiger partial charge in [-0.15, -0.1) is 0 Å². The van der Waals surface area contributed by atoms with Crippen molar-refractivity contribution in [1.82, 2.24) is 10.2 Å². The van der Waals surface area contributed by atoms with Gasteiger partial charge in [-0.3, -0.25) is 9.59 Å². The number of hydrogen-bond donors (Lipinski definition) is 2. The lowest BCUT2D eigenvalue weighted by atomic mass is 9.88. The van der Waals surface area contributed by atoms with Gasteiger partial charge in [-0.2, -0.15) is 0 Å². The Bertz CT molecular complexity index is 343. The zero-order valence-corrected chi connectivity index (χ0v) is 11.8. The highest BCUT2D eigenvalue weighted by molar-refractivity contribution is 5.87. The SMILES string of the molecule is CCCC1(C(=O)N2CCC(C(N)=O)CC2)CCCN1. The molecule has 0 spiro atoms. The lowest BCUT2D eigenvalue weighted by Gasteiger charge is -2.38. The topological polar surface area (TPSA) is 75.4 Å². The molecular weight excluding hydrogens is 242 g/mol. The summed E-state index contributed by atoms with van der Waals surface area (Å²) in [6, 6.07) is 0. The molecule has 0 aromatic rings. The van der Waals surface area contributed by atoms with Gasteiger partial charge in [0.05, 0.1) is 5.54 Å². The van der Waals surface area contributed by atoms with Gasteiger partial charge in [-0.05, 0) is 38.6 Å². The molecule has 2 fully saturated rings. The van der Waals surface area contributed by atoms with Gasteiger partial charge in [-0.25, -0.2) is 0 Å². The van der Waals surface area contributed by atoms with Crippen molar-refractivity contribution in [1.29, 1.82) is 0 Å². The van der Waals surface area contributed by atoms with Crippen molar-refractivity contribution in [3.8, 4) is 0 Å². The van der Waals surface area contributed by atoms with Crippen LogP contribution >= 0.6 is 0 Å². The third-order valence-electron chi connectivity index (χ3n) is 4.51. The van der Waals surface area contributed by atoms with Gasteiger partial charge >= 0.3 is 0 Å². The molecule has 0 aromatic carbocycles. The Morgan fingerprint density at radius 2 is 2.05 bits per heavy atom. The van der Waals surface area contributed by atoms with Crippen LogP contribution in [0.5, 0.6) is 0 Å². The highest BCUT2D eigenvalue weighted by Crippen LogP contribution is 2.29. The Labute approximate surface area is 114 Å². The van der Waals surface area contributed by atoms with E-state index < -0.39 is 0 Å². The number of primary amides is 1. The number of piperidine rings is 1. The molecule has 108 valence electrons. The quantitative estimate of drug-likeness (QED) is 0.784. The van der Waals surface area contributed by atoms with Crippen molar-refractivity contribution in [2.24, 2.45) is 11.7 Å². The van der Waals surface area contributed by atoms with E-state index >= 15 is 0 Å². The summed E-state index contributed by atoms with van der Waals surface area (Å²) in [4.78, 5) is 25.8. The number of carbonyl (C=O) groups is 2. The molecule has 1 atom stereocenters. The Morgan fingerprint density at radius 1 is 1.37 bits per heavy atom. The van der Waals surface area contributed by atoms with E-state index in [4.69, 9.17) is 5.73 Å². The predicted octanol–water partition coefficient (Wildman–Crippen LogP) is 0.633. The molecule has 2 amide bonds. The summed E-state index contributed by atoms with van der Waals surface area (Å²) in [7, 11) is 0. The number of nitrogens with one attached hydrogen (secondary N) is 1. The molecule has 1 unspecified atom stereocenters. The molecule has 0 aliphatic carbocycles. The Hall–Kier alpha value is -1.10. The summed E-state index contributed by atoms with van der Waals surface area (Å²) in [6.07, 6.45) is 5.35. The maximum absolute atomic E-state index is 12.7. The molecule has 0 saturated carbocycles. The van der Waals surface area contributed by atoms with E-state index in [2.05, 4.69) is 12.2 Å². The molecule has 2 heterocycles. The van der Waals surface area contributed by atoms with Gasteiger partial charge in [0.2, 0.25) is 11.8 Å². The van der Waals surface area contributed by atoms with E-state index in [-0.39, 0.29) is 23.3 Å². The monoisotopic (exact) mass is 267 g/mol. The van der Waals surface area contributed by atoms with Crippen LogP contribution in [0.3, 0.4) is 0 Å². The number of likely N-dealkylation sites (tertiary alicyclic amines) is 1. The third-order valence-corrected chi connectivity index (χ3v) is 4.51. The minimum absolute atomic E-state index is 0.0530. The van der Waals surface area contributed by atoms with Crippen LogP contribution in [0.4, 0.5) is 0 Å². The Morgan fingerprint density at radius 3 is 2.53 bits per heavy atom. The number of rotatable bonds is 4. The molecule has 2 aliphatic rings. The zero-order valence-electron chi connectivity index (χ0n) is 11.8. The fraction of sp³-hybridized carbons (Fsp3) is 0.857. The standard InChI is InChI=1S/C14H25N3O2/c1-2-6-14(7-3-8-16-14)13(19)17-9-4-11(5-10-17)12(15)18/h11,16H,2-10H2,1H3,(H2,15,18). The predicted molar refractivity (Wildman–Crippen MR) is 73.4 cm³/mol. The molecule has 0 bridgehead atoms. The highest BCUT2D eigenvalue weighted by atomic mass is 16.2. The fourth-order valence-corrected chi connectivity index (χ4v) is 3.41. The van der Waals surface area contributed by atoms with Gasteiger partial charge in [-0.1, -0.05) is 13.3 Å². The summed E-state index contributed by atoms with van der Waals surface area (Å²) < 4.78 is 0. The van der Waals surface area contributed by atoms with Crippen LogP contribution in [0, 0.1) is 5.92 Å². The Kier molecular flexibility index (Phi) is 4.45. The summed E-state index contributed by atoms with van der Waals surface area (Å²) >= 11 is 0. The van der Waals surface area contributed by atoms with E-state index in [9.17, 15) is 9.59 Å². The third kappa shape index (κ3) is 2.91. The van der Waals surface area contributed by atoms with Gasteiger partial charge < -0.3 is 16.0 Å². The second-order valence-corrected chi connectivity index (χ2v) is 5.83. The summed E-state index contributed by atoms with van der Waals surface area (Å²) in [5.74, 6) is -0.0492. The van der Waals surface area contributed by atoms with Gasteiger partial charge in [0.25, 0.3) is 0 Å². The van der Waals surface area contributed by atoms with E-state index in [1.807, 2.05) is 4.90 Å². The molecule has 2 aliphatic heterocycles. The number of nitrogens with two attached hydrogens (primary N) is 1. The summed E-state index contributed by atoms with van der Waals surface area (Å²) in [6.45, 7) is 4.39. The first kappa shape index (κ1) is 14.3. The van der Waals surface area contributed by atoms with Crippen LogP contribution in [-0.2, 0) is 9.59 Å². The Balaban J connectivity index is 1.98.